The summed E-state index contributed by atoms with van der Waals surface area (Å²) < 4.78 is 39.8. The van der Waals surface area contributed by atoms with Crippen LogP contribution in [0.15, 0.2) is 16.7 Å². The summed E-state index contributed by atoms with van der Waals surface area (Å²) >= 11 is 0. The van der Waals surface area contributed by atoms with Crippen molar-refractivity contribution < 1.29 is 22.8 Å². The van der Waals surface area contributed by atoms with Gasteiger partial charge in [-0.3, -0.25) is 9.69 Å². The lowest BCUT2D eigenvalue weighted by molar-refractivity contribution is 0.0414. The summed E-state index contributed by atoms with van der Waals surface area (Å²) in [6.07, 6.45) is 3.52. The standard InChI is InChI=1S/C23H29F2N3O3.ClH/c1-14-22(15(2)31-26-14)23(29)27(3)12-16-8-17(9-16)30-18-10-20(24)19(21(25)11-18)13-28-6-4-5-7-28;/h10-11,16-17H,4-9,12-13H2,1-3H3;1H. The second kappa shape index (κ2) is 10.2. The highest BCUT2D eigenvalue weighted by Gasteiger charge is 2.34. The van der Waals surface area contributed by atoms with Gasteiger partial charge >= 0.3 is 0 Å². The molecule has 2 fully saturated rings. The Morgan fingerprint density at radius 1 is 1.22 bits per heavy atom. The number of nitrogens with zero attached hydrogens (tertiary/aromatic N) is 3. The summed E-state index contributed by atoms with van der Waals surface area (Å²) in [5.74, 6) is -0.197. The topological polar surface area (TPSA) is 58.8 Å². The van der Waals surface area contributed by atoms with Gasteiger partial charge in [0.1, 0.15) is 28.7 Å². The van der Waals surface area contributed by atoms with Crippen LogP contribution in [0.5, 0.6) is 5.75 Å². The van der Waals surface area contributed by atoms with E-state index in [1.165, 1.54) is 12.1 Å². The van der Waals surface area contributed by atoms with E-state index in [-0.39, 0.29) is 41.6 Å². The fourth-order valence-electron chi connectivity index (χ4n) is 4.52. The van der Waals surface area contributed by atoms with Gasteiger partial charge in [0.05, 0.1) is 11.8 Å². The van der Waals surface area contributed by atoms with E-state index in [0.717, 1.165) is 38.8 Å². The van der Waals surface area contributed by atoms with Crippen LogP contribution >= 0.6 is 12.4 Å². The quantitative estimate of drug-likeness (QED) is 0.597. The molecule has 1 aliphatic carbocycles. The third-order valence-corrected chi connectivity index (χ3v) is 6.32. The van der Waals surface area contributed by atoms with Gasteiger partial charge in [0, 0.05) is 37.8 Å². The van der Waals surface area contributed by atoms with Crippen molar-refractivity contribution >= 4 is 18.3 Å². The molecule has 6 nitrogen and oxygen atoms in total. The number of ether oxygens (including phenoxy) is 1. The van der Waals surface area contributed by atoms with Gasteiger partial charge < -0.3 is 14.2 Å². The minimum atomic E-state index is -0.553. The number of benzene rings is 1. The van der Waals surface area contributed by atoms with E-state index in [0.29, 0.717) is 30.1 Å². The third-order valence-electron chi connectivity index (χ3n) is 6.32. The Balaban J connectivity index is 0.00000289. The molecule has 2 heterocycles. The van der Waals surface area contributed by atoms with Crippen LogP contribution in [-0.4, -0.2) is 53.6 Å². The lowest BCUT2D eigenvalue weighted by Gasteiger charge is -2.37. The molecule has 0 radical (unpaired) electrons. The van der Waals surface area contributed by atoms with Crippen LogP contribution in [0.3, 0.4) is 0 Å². The number of amides is 1. The number of hydrogen-bond donors (Lipinski definition) is 0. The summed E-state index contributed by atoms with van der Waals surface area (Å²) in [7, 11) is 1.76. The number of carbonyl (C=O) groups excluding carboxylic acids is 1. The lowest BCUT2D eigenvalue weighted by Crippen LogP contribution is -2.42. The Morgan fingerprint density at radius 3 is 2.41 bits per heavy atom. The Kier molecular flexibility index (Phi) is 7.77. The second-order valence-electron chi connectivity index (χ2n) is 8.81. The van der Waals surface area contributed by atoms with E-state index >= 15 is 0 Å². The number of aromatic nitrogens is 1. The van der Waals surface area contributed by atoms with Crippen molar-refractivity contribution in [2.75, 3.05) is 26.7 Å². The maximum absolute atomic E-state index is 14.5. The van der Waals surface area contributed by atoms with Crippen molar-refractivity contribution in [2.45, 2.75) is 52.2 Å². The second-order valence-corrected chi connectivity index (χ2v) is 8.81. The molecule has 176 valence electrons. The number of halogens is 3. The zero-order chi connectivity index (χ0) is 22.1. The number of hydrogen-bond acceptors (Lipinski definition) is 5. The molecular weight excluding hydrogens is 440 g/mol. The van der Waals surface area contributed by atoms with E-state index in [2.05, 4.69) is 10.1 Å². The first-order chi connectivity index (χ1) is 14.8. The number of likely N-dealkylation sites (tertiary alicyclic amines) is 1. The summed E-state index contributed by atoms with van der Waals surface area (Å²) in [5.41, 5.74) is 1.20. The molecule has 2 aromatic rings. The fourth-order valence-corrected chi connectivity index (χ4v) is 4.52. The van der Waals surface area contributed by atoms with Gasteiger partial charge in [-0.15, -0.1) is 12.4 Å². The average molecular weight is 470 g/mol. The van der Waals surface area contributed by atoms with E-state index in [1.54, 1.807) is 25.8 Å². The molecule has 1 aromatic carbocycles. The maximum Gasteiger partial charge on any atom is 0.259 e. The van der Waals surface area contributed by atoms with Crippen LogP contribution in [0.25, 0.3) is 0 Å². The van der Waals surface area contributed by atoms with Crippen LogP contribution < -0.4 is 4.74 Å². The number of carbonyl (C=O) groups is 1. The molecule has 0 N–H and O–H groups in total. The van der Waals surface area contributed by atoms with Gasteiger partial charge in [0.25, 0.3) is 5.91 Å². The smallest absolute Gasteiger partial charge is 0.259 e. The Hall–Kier alpha value is -2.19. The number of aryl methyl sites for hydroxylation is 2. The number of rotatable bonds is 7. The Bertz CT molecular complexity index is 913. The molecule has 0 atom stereocenters. The van der Waals surface area contributed by atoms with E-state index in [4.69, 9.17) is 9.26 Å². The zero-order valence-electron chi connectivity index (χ0n) is 18.7. The molecule has 0 unspecified atom stereocenters. The Labute approximate surface area is 193 Å². The first-order valence-electron chi connectivity index (χ1n) is 10.9. The monoisotopic (exact) mass is 469 g/mol. The van der Waals surface area contributed by atoms with Crippen LogP contribution in [-0.2, 0) is 6.54 Å². The van der Waals surface area contributed by atoms with Gasteiger partial charge in [0.15, 0.2) is 0 Å². The van der Waals surface area contributed by atoms with Crippen LogP contribution in [0.2, 0.25) is 0 Å². The first-order valence-corrected chi connectivity index (χ1v) is 10.9. The fraction of sp³-hybridized carbons (Fsp3) is 0.565. The van der Waals surface area contributed by atoms with Crippen molar-refractivity contribution in [1.82, 2.24) is 15.0 Å². The van der Waals surface area contributed by atoms with E-state index < -0.39 is 11.6 Å². The molecule has 1 aromatic heterocycles. The zero-order valence-corrected chi connectivity index (χ0v) is 19.5. The summed E-state index contributed by atoms with van der Waals surface area (Å²) in [4.78, 5) is 16.4. The van der Waals surface area contributed by atoms with Crippen molar-refractivity contribution in [2.24, 2.45) is 5.92 Å². The summed E-state index contributed by atoms with van der Waals surface area (Å²) in [5, 5.41) is 3.83. The largest absolute Gasteiger partial charge is 0.490 e. The molecule has 0 bridgehead atoms. The predicted octanol–water partition coefficient (Wildman–Crippen LogP) is 4.52. The minimum absolute atomic E-state index is 0. The van der Waals surface area contributed by atoms with Crippen molar-refractivity contribution in [3.8, 4) is 5.75 Å². The molecule has 9 heteroatoms. The average Bonchev–Trinajstić information content (AvgIpc) is 3.32. The van der Waals surface area contributed by atoms with Crippen LogP contribution in [0.4, 0.5) is 8.78 Å². The molecule has 0 spiro atoms. The molecule has 32 heavy (non-hydrogen) atoms. The van der Waals surface area contributed by atoms with Gasteiger partial charge in [-0.2, -0.15) is 0 Å². The molecular formula is C23H30ClF2N3O3. The normalized spacial score (nSPS) is 20.5. The molecule has 1 saturated heterocycles. The molecule has 1 saturated carbocycles. The SMILES string of the molecule is Cc1noc(C)c1C(=O)N(C)CC1CC(Oc2cc(F)c(CN3CCCC3)c(F)c2)C1.Cl. The third kappa shape index (κ3) is 5.23. The molecule has 2 aliphatic rings. The summed E-state index contributed by atoms with van der Waals surface area (Å²) in [6, 6.07) is 2.57. The highest BCUT2D eigenvalue weighted by Crippen LogP contribution is 2.33. The minimum Gasteiger partial charge on any atom is -0.490 e. The maximum atomic E-state index is 14.5. The molecule has 4 rings (SSSR count). The van der Waals surface area contributed by atoms with Gasteiger partial charge in [0.2, 0.25) is 0 Å². The van der Waals surface area contributed by atoms with Gasteiger partial charge in [-0.05, 0) is 58.5 Å². The van der Waals surface area contributed by atoms with Gasteiger partial charge in [-0.25, -0.2) is 8.78 Å². The first kappa shape index (κ1) is 24.5. The van der Waals surface area contributed by atoms with Crippen molar-refractivity contribution in [3.05, 3.63) is 46.3 Å². The van der Waals surface area contributed by atoms with Crippen LogP contribution in [0, 0.1) is 31.4 Å². The predicted molar refractivity (Wildman–Crippen MR) is 118 cm³/mol. The van der Waals surface area contributed by atoms with E-state index in [9.17, 15) is 13.6 Å². The van der Waals surface area contributed by atoms with Crippen molar-refractivity contribution in [1.29, 1.82) is 0 Å². The molecule has 1 amide bonds. The highest BCUT2D eigenvalue weighted by atomic mass is 35.5. The molecule has 1 aliphatic heterocycles. The highest BCUT2D eigenvalue weighted by molar-refractivity contribution is 5.95. The lowest BCUT2D eigenvalue weighted by atomic mass is 9.82. The van der Waals surface area contributed by atoms with Crippen molar-refractivity contribution in [3.63, 3.8) is 0 Å². The summed E-state index contributed by atoms with van der Waals surface area (Å²) in [6.45, 7) is 6.12. The van der Waals surface area contributed by atoms with Gasteiger partial charge in [-0.1, -0.05) is 5.16 Å². The Morgan fingerprint density at radius 2 is 1.84 bits per heavy atom. The van der Waals surface area contributed by atoms with E-state index in [1.807, 2.05) is 0 Å². The van der Waals surface area contributed by atoms with Crippen LogP contribution in [0.1, 0.15) is 53.1 Å².